The van der Waals surface area contributed by atoms with Crippen LogP contribution in [0.4, 0.5) is 5.69 Å². The van der Waals surface area contributed by atoms with Crippen LogP contribution in [0.2, 0.25) is 10.0 Å². The van der Waals surface area contributed by atoms with E-state index in [4.69, 9.17) is 27.9 Å². The van der Waals surface area contributed by atoms with Crippen molar-refractivity contribution in [3.05, 3.63) is 62.1 Å². The molecule has 0 radical (unpaired) electrons. The Labute approximate surface area is 133 Å². The van der Waals surface area contributed by atoms with E-state index >= 15 is 0 Å². The van der Waals surface area contributed by atoms with E-state index in [0.29, 0.717) is 16.1 Å². The Hall–Kier alpha value is -1.30. The number of para-hydroxylation sites is 1. The van der Waals surface area contributed by atoms with Crippen LogP contribution < -0.4 is 4.74 Å². The maximum Gasteiger partial charge on any atom is 0.313 e. The number of nitro benzene ring substituents is 1. The van der Waals surface area contributed by atoms with Gasteiger partial charge in [0.25, 0.3) is 0 Å². The summed E-state index contributed by atoms with van der Waals surface area (Å²) in [5.74, 6) is 0.292. The second-order valence-electron chi connectivity index (χ2n) is 3.85. The van der Waals surface area contributed by atoms with Gasteiger partial charge in [-0.25, -0.2) is 0 Å². The summed E-state index contributed by atoms with van der Waals surface area (Å²) >= 11 is 15.4. The number of hydrogen-bond donors (Lipinski definition) is 0. The molecule has 20 heavy (non-hydrogen) atoms. The van der Waals surface area contributed by atoms with Crippen molar-refractivity contribution in [2.75, 3.05) is 0 Å². The van der Waals surface area contributed by atoms with Gasteiger partial charge in [-0.15, -0.1) is 0 Å². The lowest BCUT2D eigenvalue weighted by molar-refractivity contribution is -0.385. The van der Waals surface area contributed by atoms with E-state index < -0.39 is 4.92 Å². The molecule has 2 aromatic rings. The molecule has 0 atom stereocenters. The summed E-state index contributed by atoms with van der Waals surface area (Å²) in [6.07, 6.45) is 0. The number of hydrogen-bond acceptors (Lipinski definition) is 3. The molecule has 0 aliphatic carbocycles. The zero-order chi connectivity index (χ0) is 14.7. The van der Waals surface area contributed by atoms with Gasteiger partial charge in [-0.1, -0.05) is 51.3 Å². The molecular weight excluding hydrogens is 369 g/mol. The first-order valence-corrected chi connectivity index (χ1v) is 7.36. The number of ether oxygens (including phenoxy) is 1. The first kappa shape index (κ1) is 15.1. The van der Waals surface area contributed by atoms with Gasteiger partial charge in [0.2, 0.25) is 5.75 Å². The summed E-state index contributed by atoms with van der Waals surface area (Å²) in [4.78, 5) is 10.4. The van der Waals surface area contributed by atoms with Crippen LogP contribution in [0.3, 0.4) is 0 Å². The van der Waals surface area contributed by atoms with Gasteiger partial charge in [-0.2, -0.15) is 0 Å². The number of halogens is 3. The normalized spacial score (nSPS) is 10.3. The molecule has 0 amide bonds. The predicted octanol–water partition coefficient (Wildman–Crippen LogP) is 5.59. The minimum absolute atomic E-state index is 0.0207. The fraction of sp³-hybridized carbons (Fsp3) is 0.0769. The molecule has 0 aromatic heterocycles. The average molecular weight is 377 g/mol. The fourth-order valence-electron chi connectivity index (χ4n) is 1.56. The van der Waals surface area contributed by atoms with Crippen molar-refractivity contribution in [3.63, 3.8) is 0 Å². The van der Waals surface area contributed by atoms with Gasteiger partial charge in [-0.05, 0) is 23.8 Å². The Morgan fingerprint density at radius 3 is 2.55 bits per heavy atom. The maximum atomic E-state index is 11.0. The molecule has 0 unspecified atom stereocenters. The van der Waals surface area contributed by atoms with Gasteiger partial charge in [0.15, 0.2) is 0 Å². The lowest BCUT2D eigenvalue weighted by Gasteiger charge is -2.10. The molecule has 0 saturated carbocycles. The van der Waals surface area contributed by atoms with Crippen molar-refractivity contribution in [2.45, 2.75) is 5.33 Å². The van der Waals surface area contributed by atoms with Crippen LogP contribution in [0, 0.1) is 10.1 Å². The van der Waals surface area contributed by atoms with Gasteiger partial charge in [0.05, 0.1) is 15.0 Å². The highest BCUT2D eigenvalue weighted by atomic mass is 79.9. The van der Waals surface area contributed by atoms with Crippen molar-refractivity contribution < 1.29 is 9.66 Å². The number of nitro groups is 1. The summed E-state index contributed by atoms with van der Waals surface area (Å²) in [5.41, 5.74) is 0.758. The van der Waals surface area contributed by atoms with E-state index in [1.165, 1.54) is 18.2 Å². The summed E-state index contributed by atoms with van der Waals surface area (Å²) < 4.78 is 5.51. The molecule has 2 aromatic carbocycles. The molecule has 0 aliphatic rings. The topological polar surface area (TPSA) is 52.4 Å². The third-order valence-corrected chi connectivity index (χ3v) is 3.75. The van der Waals surface area contributed by atoms with Crippen molar-refractivity contribution in [1.82, 2.24) is 0 Å². The number of benzene rings is 2. The van der Waals surface area contributed by atoms with Gasteiger partial charge in [-0.3, -0.25) is 10.1 Å². The van der Waals surface area contributed by atoms with Crippen LogP contribution in [0.15, 0.2) is 36.4 Å². The minimum Gasteiger partial charge on any atom is -0.447 e. The highest BCUT2D eigenvalue weighted by Gasteiger charge is 2.19. The zero-order valence-electron chi connectivity index (χ0n) is 9.98. The van der Waals surface area contributed by atoms with Crippen LogP contribution in [0.5, 0.6) is 11.5 Å². The molecule has 7 heteroatoms. The summed E-state index contributed by atoms with van der Waals surface area (Å²) in [6, 6.07) is 9.49. The maximum absolute atomic E-state index is 11.0. The molecule has 0 aliphatic heterocycles. The molecule has 0 fully saturated rings. The first-order valence-electron chi connectivity index (χ1n) is 5.48. The van der Waals surface area contributed by atoms with Crippen molar-refractivity contribution in [3.8, 4) is 11.5 Å². The zero-order valence-corrected chi connectivity index (χ0v) is 13.1. The lowest BCUT2D eigenvalue weighted by atomic mass is 10.2. The number of rotatable bonds is 4. The Kier molecular flexibility index (Phi) is 4.86. The van der Waals surface area contributed by atoms with Crippen LogP contribution in [0.25, 0.3) is 0 Å². The molecule has 4 nitrogen and oxygen atoms in total. The Morgan fingerprint density at radius 2 is 1.95 bits per heavy atom. The molecule has 0 bridgehead atoms. The highest BCUT2D eigenvalue weighted by Crippen LogP contribution is 2.40. The molecule has 104 valence electrons. The number of alkyl halides is 1. The predicted molar refractivity (Wildman–Crippen MR) is 82.3 cm³/mol. The minimum atomic E-state index is -0.554. The third kappa shape index (κ3) is 3.23. The van der Waals surface area contributed by atoms with Crippen molar-refractivity contribution >= 4 is 44.8 Å². The summed E-state index contributed by atoms with van der Waals surface area (Å²) in [7, 11) is 0. The number of nitrogens with zero attached hydrogens (tertiary/aromatic N) is 1. The van der Waals surface area contributed by atoms with Gasteiger partial charge >= 0.3 is 5.69 Å². The smallest absolute Gasteiger partial charge is 0.313 e. The van der Waals surface area contributed by atoms with Gasteiger partial charge in [0.1, 0.15) is 5.75 Å². The second kappa shape index (κ2) is 6.43. The Morgan fingerprint density at radius 1 is 1.20 bits per heavy atom. The second-order valence-corrected chi connectivity index (χ2v) is 5.22. The van der Waals surface area contributed by atoms with E-state index in [0.717, 1.165) is 5.56 Å². The van der Waals surface area contributed by atoms with Crippen LogP contribution in [-0.4, -0.2) is 4.92 Å². The van der Waals surface area contributed by atoms with Crippen molar-refractivity contribution in [2.24, 2.45) is 0 Å². The van der Waals surface area contributed by atoms with E-state index in [9.17, 15) is 10.1 Å². The molecule has 0 saturated heterocycles. The third-order valence-electron chi connectivity index (χ3n) is 2.51. The van der Waals surface area contributed by atoms with E-state index in [2.05, 4.69) is 15.9 Å². The summed E-state index contributed by atoms with van der Waals surface area (Å²) in [5, 5.41) is 12.1. The molecule has 2 rings (SSSR count). The summed E-state index contributed by atoms with van der Waals surface area (Å²) in [6.45, 7) is 0. The molecule has 0 spiro atoms. The average Bonchev–Trinajstić information content (AvgIpc) is 2.42. The van der Waals surface area contributed by atoms with Crippen molar-refractivity contribution in [1.29, 1.82) is 0 Å². The lowest BCUT2D eigenvalue weighted by Crippen LogP contribution is -1.94. The fourth-order valence-corrected chi connectivity index (χ4v) is 2.36. The SMILES string of the molecule is O=[N+]([O-])c1cccc(Cl)c1Oc1ccc(CBr)cc1Cl. The van der Waals surface area contributed by atoms with Gasteiger partial charge < -0.3 is 4.74 Å². The quantitative estimate of drug-likeness (QED) is 0.397. The van der Waals surface area contributed by atoms with E-state index in [1.807, 2.05) is 0 Å². The van der Waals surface area contributed by atoms with Crippen LogP contribution >= 0.6 is 39.1 Å². The Balaban J connectivity index is 2.42. The largest absolute Gasteiger partial charge is 0.447 e. The standard InChI is InChI=1S/C13H8BrCl2NO3/c14-7-8-4-5-12(10(16)6-8)20-13-9(15)2-1-3-11(13)17(18)19/h1-6H,7H2. The Bertz CT molecular complexity index is 664. The highest BCUT2D eigenvalue weighted by molar-refractivity contribution is 9.08. The molecule has 0 heterocycles. The van der Waals surface area contributed by atoms with E-state index in [-0.39, 0.29) is 16.5 Å². The monoisotopic (exact) mass is 375 g/mol. The molecular formula is C13H8BrCl2NO3. The van der Waals surface area contributed by atoms with Gasteiger partial charge in [0, 0.05) is 11.4 Å². The molecule has 0 N–H and O–H groups in total. The first-order chi connectivity index (χ1) is 9.52. The van der Waals surface area contributed by atoms with E-state index in [1.54, 1.807) is 18.2 Å². The van der Waals surface area contributed by atoms with Crippen LogP contribution in [0.1, 0.15) is 5.56 Å². The van der Waals surface area contributed by atoms with Crippen LogP contribution in [-0.2, 0) is 5.33 Å².